The molecule has 172 valence electrons. The van der Waals surface area contributed by atoms with Crippen molar-refractivity contribution in [2.75, 3.05) is 34.0 Å². The van der Waals surface area contributed by atoms with Gasteiger partial charge in [0.15, 0.2) is 11.5 Å². The Balaban J connectivity index is 1.57. The number of hydrogen-bond acceptors (Lipinski definition) is 3. The molecule has 3 aromatic carbocycles. The number of nitrogens with two attached hydrogens (primary N) is 1. The molecular formula is C29H34NO3+. The zero-order chi connectivity index (χ0) is 22.7. The lowest BCUT2D eigenvalue weighted by molar-refractivity contribution is -0.708. The van der Waals surface area contributed by atoms with Crippen LogP contribution in [0, 0.1) is 0 Å². The molecule has 2 aliphatic rings. The molecule has 2 heterocycles. The second-order valence-electron chi connectivity index (χ2n) is 9.34. The summed E-state index contributed by atoms with van der Waals surface area (Å²) in [6.07, 6.45) is 3.14. The summed E-state index contributed by atoms with van der Waals surface area (Å²) in [6.45, 7) is 2.73. The lowest BCUT2D eigenvalue weighted by Crippen LogP contribution is -2.90. The summed E-state index contributed by atoms with van der Waals surface area (Å²) in [6, 6.07) is 26.7. The van der Waals surface area contributed by atoms with E-state index in [1.54, 1.807) is 14.2 Å². The fraction of sp³-hybridized carbons (Fsp3) is 0.379. The second kappa shape index (κ2) is 9.58. The van der Waals surface area contributed by atoms with Gasteiger partial charge in [-0.25, -0.2) is 0 Å². The first-order chi connectivity index (χ1) is 16.2. The van der Waals surface area contributed by atoms with E-state index in [9.17, 15) is 0 Å². The number of ether oxygens (including phenoxy) is 3. The van der Waals surface area contributed by atoms with E-state index in [-0.39, 0.29) is 5.41 Å². The Morgan fingerprint density at radius 2 is 1.45 bits per heavy atom. The minimum absolute atomic E-state index is 0.138. The number of quaternary nitrogens is 1. The van der Waals surface area contributed by atoms with Crippen LogP contribution in [0.3, 0.4) is 0 Å². The van der Waals surface area contributed by atoms with Crippen molar-refractivity contribution in [3.05, 3.63) is 95.1 Å². The van der Waals surface area contributed by atoms with Crippen LogP contribution >= 0.6 is 0 Å². The quantitative estimate of drug-likeness (QED) is 0.605. The van der Waals surface area contributed by atoms with Gasteiger partial charge in [-0.15, -0.1) is 0 Å². The molecular weight excluding hydrogens is 410 g/mol. The first-order valence-electron chi connectivity index (χ1n) is 12.0. The van der Waals surface area contributed by atoms with Gasteiger partial charge in [0.1, 0.15) is 6.04 Å². The minimum atomic E-state index is 0.138. The summed E-state index contributed by atoms with van der Waals surface area (Å²) in [7, 11) is 3.46. The fourth-order valence-electron chi connectivity index (χ4n) is 5.81. The molecule has 5 rings (SSSR count). The SMILES string of the molecule is COc1cc2c(cc1OC)C1(CCOCC1)C[NH2+][C@H]2CC(c1ccccc1)c1ccccc1. The maximum Gasteiger partial charge on any atom is 0.161 e. The highest BCUT2D eigenvalue weighted by molar-refractivity contribution is 5.52. The monoisotopic (exact) mass is 444 g/mol. The van der Waals surface area contributed by atoms with Gasteiger partial charge in [0.2, 0.25) is 0 Å². The molecule has 4 nitrogen and oxygen atoms in total. The Bertz CT molecular complexity index is 1020. The second-order valence-corrected chi connectivity index (χ2v) is 9.34. The predicted octanol–water partition coefficient (Wildman–Crippen LogP) is 4.59. The third-order valence-corrected chi connectivity index (χ3v) is 7.66. The number of fused-ring (bicyclic) bond motifs is 2. The largest absolute Gasteiger partial charge is 0.493 e. The number of methoxy groups -OCH3 is 2. The van der Waals surface area contributed by atoms with Gasteiger partial charge in [-0.1, -0.05) is 60.7 Å². The third kappa shape index (κ3) is 4.25. The highest BCUT2D eigenvalue weighted by atomic mass is 16.5. The summed E-state index contributed by atoms with van der Waals surface area (Å²) < 4.78 is 17.2. The first-order valence-corrected chi connectivity index (χ1v) is 12.0. The van der Waals surface area contributed by atoms with E-state index in [2.05, 4.69) is 78.1 Å². The molecule has 3 aromatic rings. The normalized spacial score (nSPS) is 19.3. The molecule has 0 amide bonds. The lowest BCUT2D eigenvalue weighted by Gasteiger charge is -2.43. The summed E-state index contributed by atoms with van der Waals surface area (Å²) in [5.74, 6) is 1.97. The maximum atomic E-state index is 5.75. The van der Waals surface area contributed by atoms with Gasteiger partial charge in [0, 0.05) is 36.5 Å². The molecule has 0 aliphatic carbocycles. The van der Waals surface area contributed by atoms with Gasteiger partial charge in [-0.3, -0.25) is 0 Å². The Morgan fingerprint density at radius 1 is 0.879 bits per heavy atom. The van der Waals surface area contributed by atoms with Crippen LogP contribution in [0.4, 0.5) is 0 Å². The number of benzene rings is 3. The first kappa shape index (κ1) is 22.0. The number of hydrogen-bond donors (Lipinski definition) is 1. The Kier molecular flexibility index (Phi) is 6.39. The molecule has 0 aromatic heterocycles. The van der Waals surface area contributed by atoms with Crippen molar-refractivity contribution in [3.63, 3.8) is 0 Å². The summed E-state index contributed by atoms with van der Waals surface area (Å²) in [5, 5.41) is 2.57. The van der Waals surface area contributed by atoms with E-state index in [1.807, 2.05) is 0 Å². The zero-order valence-electron chi connectivity index (χ0n) is 19.6. The van der Waals surface area contributed by atoms with E-state index >= 15 is 0 Å². The van der Waals surface area contributed by atoms with Gasteiger partial charge in [-0.05, 0) is 41.7 Å². The third-order valence-electron chi connectivity index (χ3n) is 7.66. The van der Waals surface area contributed by atoms with Crippen LogP contribution in [0.1, 0.15) is 53.5 Å². The van der Waals surface area contributed by atoms with Gasteiger partial charge in [0.25, 0.3) is 0 Å². The van der Waals surface area contributed by atoms with Crippen LogP contribution in [-0.2, 0) is 10.2 Å². The molecule has 0 saturated carbocycles. The van der Waals surface area contributed by atoms with Crippen molar-refractivity contribution < 1.29 is 19.5 Å². The van der Waals surface area contributed by atoms with Crippen LogP contribution in [-0.4, -0.2) is 34.0 Å². The van der Waals surface area contributed by atoms with Crippen molar-refractivity contribution in [2.24, 2.45) is 0 Å². The molecule has 1 saturated heterocycles. The predicted molar refractivity (Wildman–Crippen MR) is 130 cm³/mol. The Hall–Kier alpha value is -2.82. The van der Waals surface area contributed by atoms with Gasteiger partial charge >= 0.3 is 0 Å². The van der Waals surface area contributed by atoms with E-state index in [1.165, 1.54) is 22.3 Å². The Morgan fingerprint density at radius 3 is 2.03 bits per heavy atom. The van der Waals surface area contributed by atoms with E-state index < -0.39 is 0 Å². The lowest BCUT2D eigenvalue weighted by atomic mass is 9.68. The Labute approximate surface area is 196 Å². The van der Waals surface area contributed by atoms with E-state index in [0.29, 0.717) is 12.0 Å². The fourth-order valence-corrected chi connectivity index (χ4v) is 5.81. The summed E-state index contributed by atoms with van der Waals surface area (Å²) >= 11 is 0. The topological polar surface area (TPSA) is 44.3 Å². The van der Waals surface area contributed by atoms with Crippen molar-refractivity contribution in [3.8, 4) is 11.5 Å². The minimum Gasteiger partial charge on any atom is -0.493 e. The van der Waals surface area contributed by atoms with Gasteiger partial charge < -0.3 is 19.5 Å². The molecule has 2 N–H and O–H groups in total. The van der Waals surface area contributed by atoms with Gasteiger partial charge in [-0.2, -0.15) is 0 Å². The average Bonchev–Trinajstić information content (AvgIpc) is 2.89. The van der Waals surface area contributed by atoms with Crippen molar-refractivity contribution >= 4 is 0 Å². The summed E-state index contributed by atoms with van der Waals surface area (Å²) in [5.41, 5.74) is 5.68. The molecule has 1 spiro atoms. The van der Waals surface area contributed by atoms with E-state index in [4.69, 9.17) is 14.2 Å². The molecule has 33 heavy (non-hydrogen) atoms. The molecule has 4 heteroatoms. The molecule has 0 bridgehead atoms. The van der Waals surface area contributed by atoms with Crippen LogP contribution < -0.4 is 14.8 Å². The van der Waals surface area contributed by atoms with Crippen molar-refractivity contribution in [2.45, 2.75) is 36.6 Å². The smallest absolute Gasteiger partial charge is 0.161 e. The van der Waals surface area contributed by atoms with Crippen LogP contribution in [0.25, 0.3) is 0 Å². The van der Waals surface area contributed by atoms with Crippen LogP contribution in [0.15, 0.2) is 72.8 Å². The maximum absolute atomic E-state index is 5.75. The zero-order valence-corrected chi connectivity index (χ0v) is 19.6. The van der Waals surface area contributed by atoms with Crippen molar-refractivity contribution in [1.29, 1.82) is 0 Å². The molecule has 0 unspecified atom stereocenters. The van der Waals surface area contributed by atoms with Crippen molar-refractivity contribution in [1.82, 2.24) is 0 Å². The number of rotatable bonds is 6. The average molecular weight is 445 g/mol. The highest BCUT2D eigenvalue weighted by Gasteiger charge is 2.45. The van der Waals surface area contributed by atoms with Gasteiger partial charge in [0.05, 0.1) is 20.8 Å². The molecule has 1 atom stereocenters. The molecule has 1 fully saturated rings. The molecule has 0 radical (unpaired) electrons. The highest BCUT2D eigenvalue weighted by Crippen LogP contribution is 2.46. The molecule has 2 aliphatic heterocycles. The van der Waals surface area contributed by atoms with E-state index in [0.717, 1.165) is 50.5 Å². The van der Waals surface area contributed by atoms with Crippen LogP contribution in [0.5, 0.6) is 11.5 Å². The van der Waals surface area contributed by atoms with Crippen LogP contribution in [0.2, 0.25) is 0 Å². The summed E-state index contributed by atoms with van der Waals surface area (Å²) in [4.78, 5) is 0. The standard InChI is InChI=1S/C29H33NO3/c1-31-27-18-24-25(19-28(27)32-2)29(13-15-33-16-14-29)20-30-26(24)17-23(21-9-5-3-6-10-21)22-11-7-4-8-12-22/h3-12,18-19,23,26,30H,13-17,20H2,1-2H3/p+1/t26-/m0/s1.